The van der Waals surface area contributed by atoms with E-state index >= 15 is 0 Å². The maximum Gasteiger partial charge on any atom is 0.191 e. The van der Waals surface area contributed by atoms with Gasteiger partial charge in [-0.2, -0.15) is 0 Å². The summed E-state index contributed by atoms with van der Waals surface area (Å²) in [5, 5.41) is 17.1. The normalized spacial score (nSPS) is 16.9. The van der Waals surface area contributed by atoms with Gasteiger partial charge < -0.3 is 15.7 Å². The summed E-state index contributed by atoms with van der Waals surface area (Å²) in [7, 11) is 0. The third kappa shape index (κ3) is 8.05. The lowest BCUT2D eigenvalue weighted by Crippen LogP contribution is -2.48. The minimum absolute atomic E-state index is 0. The molecule has 29 heavy (non-hydrogen) atoms. The summed E-state index contributed by atoms with van der Waals surface area (Å²) in [5.74, 6) is 0.769. The molecular formula is C21H30ClIN4OS. The molecule has 2 aromatic rings. The summed E-state index contributed by atoms with van der Waals surface area (Å²) >= 11 is 7.35. The molecule has 1 atom stereocenters. The van der Waals surface area contributed by atoms with E-state index in [1.54, 1.807) is 6.07 Å². The molecule has 3 rings (SSSR count). The second-order valence-corrected chi connectivity index (χ2v) is 8.80. The number of aliphatic hydroxyl groups excluding tert-OH is 1. The van der Waals surface area contributed by atoms with Crippen LogP contribution in [0.2, 0.25) is 4.34 Å². The van der Waals surface area contributed by atoms with Crippen LogP contribution in [0.1, 0.15) is 36.3 Å². The second-order valence-electron chi connectivity index (χ2n) is 7.06. The molecule has 2 heterocycles. The van der Waals surface area contributed by atoms with Crippen molar-refractivity contribution in [3.63, 3.8) is 0 Å². The summed E-state index contributed by atoms with van der Waals surface area (Å²) in [4.78, 5) is 7.92. The highest BCUT2D eigenvalue weighted by Crippen LogP contribution is 2.26. The minimum Gasteiger partial charge on any atom is -0.386 e. The van der Waals surface area contributed by atoms with Crippen LogP contribution in [-0.2, 0) is 6.54 Å². The fourth-order valence-corrected chi connectivity index (χ4v) is 4.40. The number of nitrogens with zero attached hydrogens (tertiary/aromatic N) is 2. The number of thiophene rings is 1. The fraction of sp³-hybridized carbons (Fsp3) is 0.476. The Hall–Kier alpha value is -0.870. The van der Waals surface area contributed by atoms with Gasteiger partial charge in [0.05, 0.1) is 10.9 Å². The van der Waals surface area contributed by atoms with Gasteiger partial charge in [-0.25, -0.2) is 0 Å². The lowest BCUT2D eigenvalue weighted by molar-refractivity contribution is 0.190. The summed E-state index contributed by atoms with van der Waals surface area (Å²) in [6.07, 6.45) is 1.54. The summed E-state index contributed by atoms with van der Waals surface area (Å²) in [6, 6.07) is 14.7. The highest BCUT2D eigenvalue weighted by atomic mass is 127. The van der Waals surface area contributed by atoms with Crippen LogP contribution < -0.4 is 10.6 Å². The van der Waals surface area contributed by atoms with Gasteiger partial charge in [-0.15, -0.1) is 35.3 Å². The number of rotatable bonds is 7. The summed E-state index contributed by atoms with van der Waals surface area (Å²) in [6.45, 7) is 6.32. The van der Waals surface area contributed by atoms with Crippen LogP contribution in [-0.4, -0.2) is 48.2 Å². The van der Waals surface area contributed by atoms with Gasteiger partial charge in [0.1, 0.15) is 6.10 Å². The summed E-state index contributed by atoms with van der Waals surface area (Å²) in [5.41, 5.74) is 1.37. The van der Waals surface area contributed by atoms with E-state index < -0.39 is 6.10 Å². The monoisotopic (exact) mass is 548 g/mol. The molecule has 1 aliphatic rings. The van der Waals surface area contributed by atoms with Gasteiger partial charge >= 0.3 is 0 Å². The number of nitrogens with one attached hydrogen (secondary N) is 2. The number of halogens is 2. The topological polar surface area (TPSA) is 59.9 Å². The molecule has 3 N–H and O–H groups in total. The first-order valence-corrected chi connectivity index (χ1v) is 11.1. The molecule has 5 nitrogen and oxygen atoms in total. The van der Waals surface area contributed by atoms with Crippen molar-refractivity contribution in [3.8, 4) is 0 Å². The SMILES string of the molecule is CCNC(=NCC(O)c1ccc(Cl)s1)NC1CCN(Cc2ccccc2)CC1.I. The van der Waals surface area contributed by atoms with Crippen LogP contribution in [0, 0.1) is 0 Å². The molecule has 160 valence electrons. The fourth-order valence-electron chi connectivity index (χ4n) is 3.37. The first kappa shape index (κ1) is 24.4. The quantitative estimate of drug-likeness (QED) is 0.275. The highest BCUT2D eigenvalue weighted by molar-refractivity contribution is 14.0. The minimum atomic E-state index is -0.624. The molecule has 1 aliphatic heterocycles. The Kier molecular flexibility index (Phi) is 10.7. The predicted molar refractivity (Wildman–Crippen MR) is 134 cm³/mol. The standard InChI is InChI=1S/C21H29ClN4OS.HI/c1-2-23-21(24-14-18(27)19-8-9-20(22)28-19)25-17-10-12-26(13-11-17)15-16-6-4-3-5-7-16;/h3-9,17-18,27H,2,10-15H2,1H3,(H2,23,24,25);1H. The Bertz CT molecular complexity index is 750. The predicted octanol–water partition coefficient (Wildman–Crippen LogP) is 4.27. The van der Waals surface area contributed by atoms with E-state index in [0.717, 1.165) is 49.9 Å². The Labute approximate surface area is 199 Å². The van der Waals surface area contributed by atoms with Gasteiger partial charge in [-0.05, 0) is 37.5 Å². The third-order valence-corrected chi connectivity index (χ3v) is 6.20. The van der Waals surface area contributed by atoms with Gasteiger partial charge in [0.15, 0.2) is 5.96 Å². The van der Waals surface area contributed by atoms with E-state index in [-0.39, 0.29) is 24.0 Å². The average molecular weight is 549 g/mol. The van der Waals surface area contributed by atoms with Crippen molar-refractivity contribution in [1.82, 2.24) is 15.5 Å². The Morgan fingerprint density at radius 3 is 2.59 bits per heavy atom. The van der Waals surface area contributed by atoms with E-state index in [1.807, 2.05) is 6.07 Å². The van der Waals surface area contributed by atoms with Crippen LogP contribution in [0.5, 0.6) is 0 Å². The highest BCUT2D eigenvalue weighted by Gasteiger charge is 2.20. The zero-order valence-electron chi connectivity index (χ0n) is 16.7. The molecule has 0 spiro atoms. The van der Waals surface area contributed by atoms with Gasteiger partial charge in [0.2, 0.25) is 0 Å². The molecule has 1 unspecified atom stereocenters. The Morgan fingerprint density at radius 2 is 1.97 bits per heavy atom. The van der Waals surface area contributed by atoms with Crippen molar-refractivity contribution in [2.75, 3.05) is 26.2 Å². The lowest BCUT2D eigenvalue weighted by Gasteiger charge is -2.33. The van der Waals surface area contributed by atoms with Crippen molar-refractivity contribution in [2.24, 2.45) is 4.99 Å². The summed E-state index contributed by atoms with van der Waals surface area (Å²) < 4.78 is 0.685. The average Bonchev–Trinajstić information content (AvgIpc) is 3.15. The molecule has 0 radical (unpaired) electrons. The van der Waals surface area contributed by atoms with E-state index in [4.69, 9.17) is 11.6 Å². The van der Waals surface area contributed by atoms with E-state index in [9.17, 15) is 5.11 Å². The second kappa shape index (κ2) is 12.7. The number of aliphatic imine (C=N–C) groups is 1. The molecule has 1 fully saturated rings. The largest absolute Gasteiger partial charge is 0.386 e. The Balaban J connectivity index is 0.00000300. The molecule has 0 saturated carbocycles. The van der Waals surface area contributed by atoms with Crippen molar-refractivity contribution in [3.05, 3.63) is 57.2 Å². The maximum absolute atomic E-state index is 10.3. The van der Waals surface area contributed by atoms with Crippen LogP contribution in [0.4, 0.5) is 0 Å². The lowest BCUT2D eigenvalue weighted by atomic mass is 10.0. The molecule has 0 bridgehead atoms. The van der Waals surface area contributed by atoms with Crippen LogP contribution in [0.25, 0.3) is 0 Å². The Morgan fingerprint density at radius 1 is 1.24 bits per heavy atom. The first-order chi connectivity index (χ1) is 13.6. The molecular weight excluding hydrogens is 519 g/mol. The molecule has 1 aromatic heterocycles. The zero-order valence-corrected chi connectivity index (χ0v) is 20.6. The van der Waals surface area contributed by atoms with Gasteiger partial charge in [-0.3, -0.25) is 9.89 Å². The van der Waals surface area contributed by atoms with Crippen molar-refractivity contribution >= 4 is 52.9 Å². The first-order valence-electron chi connectivity index (χ1n) is 9.88. The zero-order chi connectivity index (χ0) is 19.8. The third-order valence-electron chi connectivity index (χ3n) is 4.87. The maximum atomic E-state index is 10.3. The number of hydrogen-bond donors (Lipinski definition) is 3. The molecule has 8 heteroatoms. The van der Waals surface area contributed by atoms with Gasteiger partial charge in [0.25, 0.3) is 0 Å². The molecule has 1 aromatic carbocycles. The van der Waals surface area contributed by atoms with E-state index in [1.165, 1.54) is 16.9 Å². The van der Waals surface area contributed by atoms with Crippen LogP contribution in [0.3, 0.4) is 0 Å². The number of benzene rings is 1. The number of piperidine rings is 1. The van der Waals surface area contributed by atoms with Crippen molar-refractivity contribution in [2.45, 2.75) is 38.5 Å². The molecule has 1 saturated heterocycles. The smallest absolute Gasteiger partial charge is 0.191 e. The van der Waals surface area contributed by atoms with Gasteiger partial charge in [0, 0.05) is 37.1 Å². The van der Waals surface area contributed by atoms with Crippen LogP contribution in [0.15, 0.2) is 47.5 Å². The van der Waals surface area contributed by atoms with Crippen molar-refractivity contribution in [1.29, 1.82) is 0 Å². The number of aliphatic hydroxyl groups is 1. The number of hydrogen-bond acceptors (Lipinski definition) is 4. The van der Waals surface area contributed by atoms with E-state index in [2.05, 4.69) is 57.8 Å². The van der Waals surface area contributed by atoms with Gasteiger partial charge in [-0.1, -0.05) is 41.9 Å². The van der Waals surface area contributed by atoms with Crippen LogP contribution >= 0.6 is 46.9 Å². The number of likely N-dealkylation sites (tertiary alicyclic amines) is 1. The number of guanidine groups is 1. The van der Waals surface area contributed by atoms with Crippen molar-refractivity contribution < 1.29 is 5.11 Å². The molecule has 0 aliphatic carbocycles. The molecule has 0 amide bonds. The van der Waals surface area contributed by atoms with E-state index in [0.29, 0.717) is 16.9 Å².